The Labute approximate surface area is 198 Å². The Bertz CT molecular complexity index is 818. The van der Waals surface area contributed by atoms with Gasteiger partial charge in [0.25, 0.3) is 0 Å². The van der Waals surface area contributed by atoms with Crippen LogP contribution in [-0.2, 0) is 0 Å². The van der Waals surface area contributed by atoms with Crippen molar-refractivity contribution in [2.45, 2.75) is 1.01 Å². The van der Waals surface area contributed by atoms with Crippen LogP contribution in [0.2, 0.25) is 1.01 Å². The molecule has 0 saturated carbocycles. The third kappa shape index (κ3) is 6.47. The van der Waals surface area contributed by atoms with Crippen LogP contribution in [0.25, 0.3) is 0 Å². The predicted octanol–water partition coefficient (Wildman–Crippen LogP) is 2.14. The number of hydrogen-bond donors (Lipinski definition) is 0. The van der Waals surface area contributed by atoms with Gasteiger partial charge in [-0.05, 0) is 0 Å². The molecule has 4 heteroatoms. The maximum absolute atomic E-state index is 2.33. The fourth-order valence-corrected chi connectivity index (χ4v) is 23.4. The van der Waals surface area contributed by atoms with Crippen LogP contribution in [0.5, 0.6) is 0 Å². The molecule has 29 heavy (non-hydrogen) atoms. The Hall–Kier alpha value is -1.04. The van der Waals surface area contributed by atoms with Crippen LogP contribution in [0.15, 0.2) is 121 Å². The van der Waals surface area contributed by atoms with Crippen LogP contribution in [0, 0.1) is 0 Å². The van der Waals surface area contributed by atoms with Crippen molar-refractivity contribution < 1.29 is 0 Å². The molecule has 0 N–H and O–H groups in total. The van der Waals surface area contributed by atoms with E-state index in [9.17, 15) is 0 Å². The first kappa shape index (κ1) is 21.2. The minimum atomic E-state index is 0.366. The van der Waals surface area contributed by atoms with Crippen molar-refractivity contribution in [1.29, 1.82) is 0 Å². The molecule has 0 heterocycles. The number of benzene rings is 4. The molecule has 0 saturated heterocycles. The second-order valence-corrected chi connectivity index (χ2v) is 24.8. The summed E-state index contributed by atoms with van der Waals surface area (Å²) in [6.45, 7) is 0. The Morgan fingerprint density at radius 2 is 0.517 bits per heavy atom. The molecular weight excluding hydrogens is 616 g/mol. The fourth-order valence-electron chi connectivity index (χ4n) is 2.66. The molecule has 0 aliphatic rings. The van der Waals surface area contributed by atoms with Gasteiger partial charge < -0.3 is 0 Å². The van der Waals surface area contributed by atoms with E-state index in [0.29, 0.717) is 60.8 Å². The van der Waals surface area contributed by atoms with Crippen LogP contribution in [-0.4, -0.2) is 59.8 Å². The molecule has 0 spiro atoms. The van der Waals surface area contributed by atoms with E-state index < -0.39 is 0 Å². The first-order valence-electron chi connectivity index (χ1n) is 9.28. The van der Waals surface area contributed by atoms with Gasteiger partial charge in [0.05, 0.1) is 0 Å². The summed E-state index contributed by atoms with van der Waals surface area (Å²) in [7, 11) is 0. The average Bonchev–Trinajstić information content (AvgIpc) is 2.76. The summed E-state index contributed by atoms with van der Waals surface area (Å²) in [5.41, 5.74) is 0. The SMILES string of the molecule is c1ccc([Se]C([Se]c2ccccc2)([Se]c2ccccc2)[Se]c2ccccc2)cc1. The molecule has 0 bridgehead atoms. The van der Waals surface area contributed by atoms with E-state index in [1.807, 2.05) is 0 Å². The Balaban J connectivity index is 1.75. The number of rotatable bonds is 8. The van der Waals surface area contributed by atoms with Gasteiger partial charge in [-0.3, -0.25) is 0 Å². The van der Waals surface area contributed by atoms with E-state index in [1.54, 1.807) is 0 Å². The molecule has 0 aromatic heterocycles. The molecule has 0 amide bonds. The summed E-state index contributed by atoms with van der Waals surface area (Å²) in [6, 6.07) is 44.8. The van der Waals surface area contributed by atoms with Gasteiger partial charge in [-0.1, -0.05) is 0 Å². The monoisotopic (exact) mass is 640 g/mol. The molecule has 4 aromatic carbocycles. The van der Waals surface area contributed by atoms with Crippen molar-refractivity contribution >= 4 is 77.7 Å². The van der Waals surface area contributed by atoms with E-state index in [2.05, 4.69) is 121 Å². The van der Waals surface area contributed by atoms with E-state index in [1.165, 1.54) is 17.8 Å². The van der Waals surface area contributed by atoms with Crippen LogP contribution < -0.4 is 17.8 Å². The molecule has 0 nitrogen and oxygen atoms in total. The van der Waals surface area contributed by atoms with Crippen molar-refractivity contribution in [3.63, 3.8) is 0 Å². The molecule has 0 fully saturated rings. The quantitative estimate of drug-likeness (QED) is 0.261. The average molecular weight is 636 g/mol. The maximum atomic E-state index is 2.33. The van der Waals surface area contributed by atoms with Gasteiger partial charge in [0.1, 0.15) is 0 Å². The standard InChI is InChI=1S/C25H20Se4/c1-5-13-21(14-6-1)26-25(27-22-15-7-2-8-16-22,28-23-17-9-3-10-18-23)29-24-19-11-4-12-20-24/h1-20H. The van der Waals surface area contributed by atoms with Crippen molar-refractivity contribution in [2.24, 2.45) is 0 Å². The van der Waals surface area contributed by atoms with Gasteiger partial charge in [-0.2, -0.15) is 0 Å². The zero-order chi connectivity index (χ0) is 19.8. The second-order valence-electron chi connectivity index (χ2n) is 6.16. The van der Waals surface area contributed by atoms with E-state index in [0.717, 1.165) is 0 Å². The third-order valence-electron chi connectivity index (χ3n) is 3.94. The van der Waals surface area contributed by atoms with Crippen molar-refractivity contribution in [1.82, 2.24) is 0 Å². The summed E-state index contributed by atoms with van der Waals surface area (Å²) in [4.78, 5) is 0. The zero-order valence-electron chi connectivity index (χ0n) is 15.7. The molecule has 4 rings (SSSR count). The third-order valence-corrected chi connectivity index (χ3v) is 21.2. The predicted molar refractivity (Wildman–Crippen MR) is 130 cm³/mol. The molecule has 0 unspecified atom stereocenters. The molecular formula is C25H20Se4. The Morgan fingerprint density at radius 3 is 0.724 bits per heavy atom. The van der Waals surface area contributed by atoms with Gasteiger partial charge >= 0.3 is 200 Å². The second kappa shape index (κ2) is 10.8. The minimum absolute atomic E-state index is 0.366. The van der Waals surface area contributed by atoms with Gasteiger partial charge in [-0.25, -0.2) is 0 Å². The Morgan fingerprint density at radius 1 is 0.310 bits per heavy atom. The summed E-state index contributed by atoms with van der Waals surface area (Å²) < 4.78 is 6.45. The topological polar surface area (TPSA) is 0 Å². The Kier molecular flexibility index (Phi) is 7.92. The molecule has 144 valence electrons. The summed E-state index contributed by atoms with van der Waals surface area (Å²) >= 11 is 1.71. The van der Waals surface area contributed by atoms with Crippen LogP contribution in [0.1, 0.15) is 0 Å². The molecule has 0 radical (unpaired) electrons. The first-order chi connectivity index (χ1) is 14.3. The van der Waals surface area contributed by atoms with Gasteiger partial charge in [0.2, 0.25) is 0 Å². The van der Waals surface area contributed by atoms with Crippen molar-refractivity contribution in [3.05, 3.63) is 121 Å². The van der Waals surface area contributed by atoms with E-state index >= 15 is 0 Å². The molecule has 4 aromatic rings. The fraction of sp³-hybridized carbons (Fsp3) is 0.0400. The first-order valence-corrected chi connectivity index (χ1v) is 16.1. The van der Waals surface area contributed by atoms with Gasteiger partial charge in [0.15, 0.2) is 0 Å². The summed E-state index contributed by atoms with van der Waals surface area (Å²) in [5.74, 6) is 0. The summed E-state index contributed by atoms with van der Waals surface area (Å²) in [6.07, 6.45) is 0. The summed E-state index contributed by atoms with van der Waals surface area (Å²) in [5, 5.41) is 0. The van der Waals surface area contributed by atoms with Crippen LogP contribution in [0.4, 0.5) is 0 Å². The molecule has 0 aliphatic heterocycles. The number of hydrogen-bond acceptors (Lipinski definition) is 0. The zero-order valence-corrected chi connectivity index (χ0v) is 22.5. The van der Waals surface area contributed by atoms with Gasteiger partial charge in [0, 0.05) is 0 Å². The van der Waals surface area contributed by atoms with Crippen LogP contribution in [0.3, 0.4) is 0 Å². The normalized spacial score (nSPS) is 11.3. The van der Waals surface area contributed by atoms with E-state index in [-0.39, 0.29) is 0 Å². The van der Waals surface area contributed by atoms with Crippen LogP contribution >= 0.6 is 0 Å². The molecule has 0 atom stereocenters. The van der Waals surface area contributed by atoms with E-state index in [4.69, 9.17) is 0 Å². The van der Waals surface area contributed by atoms with Crippen molar-refractivity contribution in [3.8, 4) is 0 Å². The molecule has 0 aliphatic carbocycles. The van der Waals surface area contributed by atoms with Gasteiger partial charge in [-0.15, -0.1) is 0 Å². The van der Waals surface area contributed by atoms with Crippen molar-refractivity contribution in [2.75, 3.05) is 0 Å².